The van der Waals surface area contributed by atoms with Crippen molar-refractivity contribution in [1.82, 2.24) is 24.8 Å². The van der Waals surface area contributed by atoms with Gasteiger partial charge in [0.2, 0.25) is 0 Å². The first-order chi connectivity index (χ1) is 11.6. The van der Waals surface area contributed by atoms with Crippen LogP contribution < -0.4 is 5.32 Å². The van der Waals surface area contributed by atoms with Gasteiger partial charge in [0.25, 0.3) is 5.91 Å². The van der Waals surface area contributed by atoms with Crippen molar-refractivity contribution in [1.29, 1.82) is 0 Å². The molecule has 0 bridgehead atoms. The summed E-state index contributed by atoms with van der Waals surface area (Å²) >= 11 is 0. The minimum Gasteiger partial charge on any atom is -0.467 e. The first-order valence-electron chi connectivity index (χ1n) is 7.36. The van der Waals surface area contributed by atoms with Crippen LogP contribution in [0.25, 0.3) is 11.0 Å². The van der Waals surface area contributed by atoms with Crippen molar-refractivity contribution in [3.05, 3.63) is 48.3 Å². The van der Waals surface area contributed by atoms with E-state index in [2.05, 4.69) is 20.3 Å². The minimum atomic E-state index is -0.825. The molecule has 8 heteroatoms. The summed E-state index contributed by atoms with van der Waals surface area (Å²) in [7, 11) is 3.13. The highest BCUT2D eigenvalue weighted by Gasteiger charge is 2.24. The maximum absolute atomic E-state index is 12.5. The number of rotatable bonds is 5. The molecule has 3 rings (SSSR count). The quantitative estimate of drug-likeness (QED) is 0.675. The molecule has 3 heterocycles. The third-order valence-electron chi connectivity index (χ3n) is 3.72. The molecule has 3 aromatic rings. The van der Waals surface area contributed by atoms with Crippen molar-refractivity contribution in [3.8, 4) is 0 Å². The number of hydrogen-bond acceptors (Lipinski definition) is 5. The van der Waals surface area contributed by atoms with E-state index in [4.69, 9.17) is 4.74 Å². The highest BCUT2D eigenvalue weighted by molar-refractivity contribution is 5.96. The van der Waals surface area contributed by atoms with Gasteiger partial charge in [0, 0.05) is 36.9 Å². The molecule has 0 aromatic carbocycles. The van der Waals surface area contributed by atoms with Crippen LogP contribution in [0.5, 0.6) is 0 Å². The summed E-state index contributed by atoms with van der Waals surface area (Å²) in [6.45, 7) is 0. The molecule has 0 radical (unpaired) electrons. The number of ether oxygens (including phenoxy) is 1. The van der Waals surface area contributed by atoms with Crippen molar-refractivity contribution in [2.24, 2.45) is 7.05 Å². The second kappa shape index (κ2) is 6.53. The molecule has 0 unspecified atom stereocenters. The van der Waals surface area contributed by atoms with Crippen LogP contribution >= 0.6 is 0 Å². The van der Waals surface area contributed by atoms with Gasteiger partial charge in [-0.2, -0.15) is 0 Å². The van der Waals surface area contributed by atoms with E-state index in [1.165, 1.54) is 13.4 Å². The summed E-state index contributed by atoms with van der Waals surface area (Å²) in [4.78, 5) is 35.5. The maximum atomic E-state index is 12.5. The summed E-state index contributed by atoms with van der Waals surface area (Å²) in [5.74, 6) is -0.967. The smallest absolute Gasteiger partial charge is 0.328 e. The number of aryl methyl sites for hydroxylation is 1. The first kappa shape index (κ1) is 15.7. The van der Waals surface area contributed by atoms with E-state index in [0.29, 0.717) is 5.65 Å². The van der Waals surface area contributed by atoms with E-state index < -0.39 is 17.9 Å². The van der Waals surface area contributed by atoms with Gasteiger partial charge in [-0.15, -0.1) is 0 Å². The first-order valence-corrected chi connectivity index (χ1v) is 7.36. The zero-order chi connectivity index (χ0) is 17.1. The number of imidazole rings is 1. The lowest BCUT2D eigenvalue weighted by Crippen LogP contribution is -2.43. The summed E-state index contributed by atoms with van der Waals surface area (Å²) in [5.41, 5.74) is 1.66. The molecule has 0 aliphatic heterocycles. The van der Waals surface area contributed by atoms with Gasteiger partial charge in [0.15, 0.2) is 0 Å². The van der Waals surface area contributed by atoms with Crippen LogP contribution in [0.2, 0.25) is 0 Å². The lowest BCUT2D eigenvalue weighted by molar-refractivity contribution is -0.142. The molecule has 24 heavy (non-hydrogen) atoms. The SMILES string of the molecule is COC(=O)[C@H](Cc1cnc[nH]1)NC(=O)c1ccc2ccn(C)c2n1. The molecule has 8 nitrogen and oxygen atoms in total. The van der Waals surface area contributed by atoms with E-state index in [9.17, 15) is 9.59 Å². The molecule has 124 valence electrons. The number of esters is 1. The number of carbonyl (C=O) groups is 2. The predicted molar refractivity (Wildman–Crippen MR) is 86.3 cm³/mol. The Bertz CT molecular complexity index is 869. The third-order valence-corrected chi connectivity index (χ3v) is 3.72. The summed E-state index contributed by atoms with van der Waals surface area (Å²) < 4.78 is 6.59. The van der Waals surface area contributed by atoms with Crippen LogP contribution in [0.1, 0.15) is 16.2 Å². The number of pyridine rings is 1. The Balaban J connectivity index is 1.80. The van der Waals surface area contributed by atoms with E-state index in [1.807, 2.05) is 29.9 Å². The highest BCUT2D eigenvalue weighted by Crippen LogP contribution is 2.13. The standard InChI is InChI=1S/C16H17N5O3/c1-21-6-5-10-3-4-12(19-14(10)21)15(22)20-13(16(23)24-2)7-11-8-17-9-18-11/h3-6,8-9,13H,7H2,1-2H3,(H,17,18)(H,20,22)/t13-/m0/s1. The number of methoxy groups -OCH3 is 1. The van der Waals surface area contributed by atoms with Gasteiger partial charge in [0.1, 0.15) is 17.4 Å². The molecule has 2 N–H and O–H groups in total. The molecule has 0 spiro atoms. The fourth-order valence-electron chi connectivity index (χ4n) is 2.44. The van der Waals surface area contributed by atoms with Gasteiger partial charge in [0.05, 0.1) is 13.4 Å². The maximum Gasteiger partial charge on any atom is 0.328 e. The second-order valence-corrected chi connectivity index (χ2v) is 5.37. The number of hydrogen-bond donors (Lipinski definition) is 2. The van der Waals surface area contributed by atoms with E-state index in [1.54, 1.807) is 12.3 Å². The molecule has 0 aliphatic carbocycles. The zero-order valence-corrected chi connectivity index (χ0v) is 13.3. The Labute approximate surface area is 137 Å². The molecule has 3 aromatic heterocycles. The fraction of sp³-hybridized carbons (Fsp3) is 0.250. The Kier molecular flexibility index (Phi) is 4.28. The Morgan fingerprint density at radius 1 is 1.38 bits per heavy atom. The van der Waals surface area contributed by atoms with Gasteiger partial charge in [-0.3, -0.25) is 4.79 Å². The van der Waals surface area contributed by atoms with Crippen molar-refractivity contribution < 1.29 is 14.3 Å². The predicted octanol–water partition coefficient (Wildman–Crippen LogP) is 0.810. The number of aromatic amines is 1. The average molecular weight is 327 g/mol. The van der Waals surface area contributed by atoms with E-state index in [0.717, 1.165) is 11.1 Å². The normalized spacial score (nSPS) is 12.1. The van der Waals surface area contributed by atoms with Crippen LogP contribution in [0.3, 0.4) is 0 Å². The summed E-state index contributed by atoms with van der Waals surface area (Å²) in [5, 5.41) is 3.61. The van der Waals surface area contributed by atoms with Crippen LogP contribution in [0, 0.1) is 0 Å². The van der Waals surface area contributed by atoms with Crippen LogP contribution in [0.4, 0.5) is 0 Å². The minimum absolute atomic E-state index is 0.239. The molecule has 0 saturated heterocycles. The van der Waals surface area contributed by atoms with Crippen LogP contribution in [-0.2, 0) is 23.0 Å². The second-order valence-electron chi connectivity index (χ2n) is 5.37. The molecule has 1 amide bonds. The highest BCUT2D eigenvalue weighted by atomic mass is 16.5. The van der Waals surface area contributed by atoms with E-state index >= 15 is 0 Å². The molecule has 1 atom stereocenters. The van der Waals surface area contributed by atoms with Crippen molar-refractivity contribution in [2.75, 3.05) is 7.11 Å². The lowest BCUT2D eigenvalue weighted by Gasteiger charge is -2.15. The van der Waals surface area contributed by atoms with Crippen molar-refractivity contribution in [2.45, 2.75) is 12.5 Å². The fourth-order valence-corrected chi connectivity index (χ4v) is 2.44. The third kappa shape index (κ3) is 3.12. The number of aromatic nitrogens is 4. The van der Waals surface area contributed by atoms with Gasteiger partial charge in [-0.05, 0) is 18.2 Å². The Morgan fingerprint density at radius 3 is 2.92 bits per heavy atom. The molecular weight excluding hydrogens is 310 g/mol. The molecule has 0 fully saturated rings. The van der Waals surface area contributed by atoms with Gasteiger partial charge in [-0.1, -0.05) is 0 Å². The number of nitrogens with zero attached hydrogens (tertiary/aromatic N) is 3. The summed E-state index contributed by atoms with van der Waals surface area (Å²) in [6, 6.07) is 4.54. The number of fused-ring (bicyclic) bond motifs is 1. The van der Waals surface area contributed by atoms with Crippen molar-refractivity contribution in [3.63, 3.8) is 0 Å². The monoisotopic (exact) mass is 327 g/mol. The zero-order valence-electron chi connectivity index (χ0n) is 13.3. The topological polar surface area (TPSA) is 102 Å². The lowest BCUT2D eigenvalue weighted by atomic mass is 10.1. The van der Waals surface area contributed by atoms with Crippen LogP contribution in [0.15, 0.2) is 36.9 Å². The van der Waals surface area contributed by atoms with Gasteiger partial charge >= 0.3 is 5.97 Å². The Morgan fingerprint density at radius 2 is 2.21 bits per heavy atom. The number of amides is 1. The Hall–Kier alpha value is -3.16. The summed E-state index contributed by atoms with van der Waals surface area (Å²) in [6.07, 6.45) is 5.23. The average Bonchev–Trinajstić information content (AvgIpc) is 3.23. The van der Waals surface area contributed by atoms with Crippen molar-refractivity contribution >= 4 is 22.9 Å². The largest absolute Gasteiger partial charge is 0.467 e. The number of H-pyrrole nitrogens is 1. The number of nitrogens with one attached hydrogen (secondary N) is 2. The molecule has 0 saturated carbocycles. The van der Waals surface area contributed by atoms with Gasteiger partial charge in [-0.25, -0.2) is 14.8 Å². The van der Waals surface area contributed by atoms with Gasteiger partial charge < -0.3 is 19.6 Å². The van der Waals surface area contributed by atoms with Crippen LogP contribution in [-0.4, -0.2) is 44.5 Å². The number of carbonyl (C=O) groups excluding carboxylic acids is 2. The molecular formula is C16H17N5O3. The molecule has 0 aliphatic rings. The van der Waals surface area contributed by atoms with E-state index in [-0.39, 0.29) is 12.1 Å².